The van der Waals surface area contributed by atoms with Crippen LogP contribution in [0, 0.1) is 5.92 Å². The summed E-state index contributed by atoms with van der Waals surface area (Å²) in [5, 5.41) is 6.78. The highest BCUT2D eigenvalue weighted by Crippen LogP contribution is 2.33. The first kappa shape index (κ1) is 17.1. The summed E-state index contributed by atoms with van der Waals surface area (Å²) in [6, 6.07) is -0.513. The van der Waals surface area contributed by atoms with Crippen LogP contribution in [0.25, 0.3) is 0 Å². The summed E-state index contributed by atoms with van der Waals surface area (Å²) in [6.45, 7) is 1.41. The van der Waals surface area contributed by atoms with E-state index in [1.807, 2.05) is 0 Å². The molecule has 0 unspecified atom stereocenters. The molecular weight excluding hydrogens is 325 g/mol. The Morgan fingerprint density at radius 1 is 1.38 bits per heavy atom. The average molecular weight is 346 g/mol. The number of hydrogen-bond donors (Lipinski definition) is 1. The van der Waals surface area contributed by atoms with Crippen molar-refractivity contribution in [3.05, 3.63) is 12.4 Å². The second-order valence-corrected chi connectivity index (χ2v) is 6.34. The summed E-state index contributed by atoms with van der Waals surface area (Å²) in [5.41, 5.74) is 0.479. The van der Waals surface area contributed by atoms with Gasteiger partial charge in [0.25, 0.3) is 0 Å². The highest BCUT2D eigenvalue weighted by Gasteiger charge is 2.42. The highest BCUT2D eigenvalue weighted by atomic mass is 19.4. The number of urea groups is 1. The molecule has 0 radical (unpaired) electrons. The monoisotopic (exact) mass is 346 g/mol. The van der Waals surface area contributed by atoms with Crippen LogP contribution >= 0.6 is 0 Å². The Morgan fingerprint density at radius 3 is 2.92 bits per heavy atom. The van der Waals surface area contributed by atoms with E-state index in [4.69, 9.17) is 4.74 Å². The Balaban J connectivity index is 1.53. The van der Waals surface area contributed by atoms with Crippen LogP contribution in [0.15, 0.2) is 12.4 Å². The molecule has 0 aromatic carbocycles. The van der Waals surface area contributed by atoms with Crippen LogP contribution in [-0.2, 0) is 11.3 Å². The fourth-order valence-electron chi connectivity index (χ4n) is 3.16. The largest absolute Gasteiger partial charge is 0.393 e. The number of aromatic nitrogens is 2. The van der Waals surface area contributed by atoms with E-state index in [2.05, 4.69) is 10.4 Å². The Labute approximate surface area is 137 Å². The molecule has 0 saturated carbocycles. The van der Waals surface area contributed by atoms with E-state index in [9.17, 15) is 18.0 Å². The number of likely N-dealkylation sites (tertiary alicyclic amines) is 1. The van der Waals surface area contributed by atoms with Gasteiger partial charge in [0.2, 0.25) is 0 Å². The van der Waals surface area contributed by atoms with Crippen molar-refractivity contribution in [3.63, 3.8) is 0 Å². The molecule has 2 saturated heterocycles. The maximum atomic E-state index is 12.8. The molecule has 3 rings (SSSR count). The van der Waals surface area contributed by atoms with Crippen molar-refractivity contribution in [2.75, 3.05) is 25.0 Å². The fourth-order valence-corrected chi connectivity index (χ4v) is 3.16. The SMILES string of the molecule is O=C(Nc1cnn(C[C@H]2CCCO2)c1)N1CCC[C@@H](C(F)(F)F)C1. The minimum absolute atomic E-state index is 0.0760. The molecule has 1 N–H and O–H groups in total. The molecule has 24 heavy (non-hydrogen) atoms. The Hall–Kier alpha value is -1.77. The van der Waals surface area contributed by atoms with Crippen LogP contribution in [-0.4, -0.2) is 52.7 Å². The zero-order chi connectivity index (χ0) is 17.2. The number of carbonyl (C=O) groups is 1. The van der Waals surface area contributed by atoms with Gasteiger partial charge >= 0.3 is 12.2 Å². The van der Waals surface area contributed by atoms with Gasteiger partial charge in [-0.2, -0.15) is 18.3 Å². The third-order valence-corrected chi connectivity index (χ3v) is 4.47. The molecule has 6 nitrogen and oxygen atoms in total. The molecule has 2 amide bonds. The van der Waals surface area contributed by atoms with Crippen LogP contribution in [0.3, 0.4) is 0 Å². The van der Waals surface area contributed by atoms with Crippen molar-refractivity contribution >= 4 is 11.7 Å². The number of amides is 2. The van der Waals surface area contributed by atoms with E-state index < -0.39 is 18.1 Å². The topological polar surface area (TPSA) is 59.4 Å². The number of piperidine rings is 1. The smallest absolute Gasteiger partial charge is 0.376 e. The lowest BCUT2D eigenvalue weighted by Crippen LogP contribution is -2.46. The second-order valence-electron chi connectivity index (χ2n) is 6.34. The molecule has 0 bridgehead atoms. The second kappa shape index (κ2) is 7.00. The van der Waals surface area contributed by atoms with Crippen LogP contribution in [0.5, 0.6) is 0 Å². The number of nitrogens with zero attached hydrogens (tertiary/aromatic N) is 3. The minimum Gasteiger partial charge on any atom is -0.376 e. The van der Waals surface area contributed by atoms with E-state index in [1.54, 1.807) is 10.9 Å². The number of alkyl halides is 3. The van der Waals surface area contributed by atoms with Crippen LogP contribution < -0.4 is 5.32 Å². The van der Waals surface area contributed by atoms with Gasteiger partial charge in [-0.15, -0.1) is 0 Å². The summed E-state index contributed by atoms with van der Waals surface area (Å²) >= 11 is 0. The zero-order valence-electron chi connectivity index (χ0n) is 13.3. The van der Waals surface area contributed by atoms with Crippen molar-refractivity contribution in [1.82, 2.24) is 14.7 Å². The minimum atomic E-state index is -4.26. The predicted octanol–water partition coefficient (Wildman–Crippen LogP) is 2.87. The molecule has 1 aromatic rings. The molecule has 9 heteroatoms. The Kier molecular flexibility index (Phi) is 4.98. The first-order valence-electron chi connectivity index (χ1n) is 8.18. The summed E-state index contributed by atoms with van der Waals surface area (Å²) in [5.74, 6) is -1.45. The maximum Gasteiger partial charge on any atom is 0.393 e. The number of anilines is 1. The number of ether oxygens (including phenoxy) is 1. The van der Waals surface area contributed by atoms with Gasteiger partial charge < -0.3 is 15.0 Å². The fraction of sp³-hybridized carbons (Fsp3) is 0.733. The standard InChI is InChI=1S/C15H21F3N4O2/c16-15(17,18)11-3-1-5-21(8-11)14(23)20-12-7-19-22(9-12)10-13-4-2-6-24-13/h7,9,11,13H,1-6,8,10H2,(H,20,23)/t11-,13-/m1/s1. The lowest BCUT2D eigenvalue weighted by molar-refractivity contribution is -0.183. The first-order chi connectivity index (χ1) is 11.4. The maximum absolute atomic E-state index is 12.8. The summed E-state index contributed by atoms with van der Waals surface area (Å²) in [7, 11) is 0. The van der Waals surface area contributed by atoms with Gasteiger partial charge in [-0.25, -0.2) is 4.79 Å². The summed E-state index contributed by atoms with van der Waals surface area (Å²) < 4.78 is 45.7. The first-order valence-corrected chi connectivity index (χ1v) is 8.18. The molecule has 2 aliphatic heterocycles. The number of carbonyl (C=O) groups excluding carboxylic acids is 1. The lowest BCUT2D eigenvalue weighted by atomic mass is 9.98. The predicted molar refractivity (Wildman–Crippen MR) is 80.6 cm³/mol. The number of rotatable bonds is 3. The van der Waals surface area contributed by atoms with Crippen molar-refractivity contribution in [1.29, 1.82) is 0 Å². The molecule has 2 aliphatic rings. The van der Waals surface area contributed by atoms with Crippen molar-refractivity contribution in [2.45, 2.75) is 44.5 Å². The van der Waals surface area contributed by atoms with Crippen LogP contribution in [0.2, 0.25) is 0 Å². The number of nitrogens with one attached hydrogen (secondary N) is 1. The quantitative estimate of drug-likeness (QED) is 0.916. The average Bonchev–Trinajstić information content (AvgIpc) is 3.19. The van der Waals surface area contributed by atoms with Gasteiger partial charge in [0.15, 0.2) is 0 Å². The normalized spacial score (nSPS) is 25.0. The highest BCUT2D eigenvalue weighted by molar-refractivity contribution is 5.89. The lowest BCUT2D eigenvalue weighted by Gasteiger charge is -2.33. The molecule has 2 atom stereocenters. The number of hydrogen-bond acceptors (Lipinski definition) is 3. The third-order valence-electron chi connectivity index (χ3n) is 4.47. The Morgan fingerprint density at radius 2 is 2.21 bits per heavy atom. The van der Waals surface area contributed by atoms with Gasteiger partial charge in [0.1, 0.15) is 0 Å². The number of halogens is 3. The molecule has 0 aliphatic carbocycles. The third kappa shape index (κ3) is 4.19. The van der Waals surface area contributed by atoms with E-state index in [0.717, 1.165) is 19.4 Å². The summed E-state index contributed by atoms with van der Waals surface area (Å²) in [4.78, 5) is 13.4. The van der Waals surface area contributed by atoms with Crippen LogP contribution in [0.4, 0.5) is 23.7 Å². The van der Waals surface area contributed by atoms with E-state index in [0.29, 0.717) is 25.2 Å². The van der Waals surface area contributed by atoms with Crippen molar-refractivity contribution in [3.8, 4) is 0 Å². The van der Waals surface area contributed by atoms with Gasteiger partial charge in [-0.1, -0.05) is 0 Å². The van der Waals surface area contributed by atoms with Crippen LogP contribution in [0.1, 0.15) is 25.7 Å². The molecular formula is C15H21F3N4O2. The van der Waals surface area contributed by atoms with E-state index in [-0.39, 0.29) is 19.1 Å². The van der Waals surface area contributed by atoms with E-state index >= 15 is 0 Å². The van der Waals surface area contributed by atoms with Gasteiger partial charge in [0, 0.05) is 25.9 Å². The molecule has 0 spiro atoms. The summed E-state index contributed by atoms with van der Waals surface area (Å²) in [6.07, 6.45) is 1.48. The molecule has 1 aromatic heterocycles. The van der Waals surface area contributed by atoms with Crippen molar-refractivity contribution in [2.24, 2.45) is 5.92 Å². The van der Waals surface area contributed by atoms with Gasteiger partial charge in [-0.3, -0.25) is 4.68 Å². The van der Waals surface area contributed by atoms with E-state index in [1.165, 1.54) is 11.1 Å². The Bertz CT molecular complexity index is 569. The van der Waals surface area contributed by atoms with Gasteiger partial charge in [0.05, 0.1) is 30.5 Å². The molecule has 2 fully saturated rings. The van der Waals surface area contributed by atoms with Gasteiger partial charge in [-0.05, 0) is 25.7 Å². The van der Waals surface area contributed by atoms with Crippen molar-refractivity contribution < 1.29 is 22.7 Å². The molecule has 3 heterocycles. The molecule has 134 valence electrons. The zero-order valence-corrected chi connectivity index (χ0v) is 13.3.